The summed E-state index contributed by atoms with van der Waals surface area (Å²) in [5, 5.41) is 0. The zero-order chi connectivity index (χ0) is 8.00. The lowest BCUT2D eigenvalue weighted by Crippen LogP contribution is -2.56. The molecule has 8 atom stereocenters. The summed E-state index contributed by atoms with van der Waals surface area (Å²) in [5.41, 5.74) is 2.02. The maximum Gasteiger partial charge on any atom is -0.0147 e. The molecule has 0 nitrogen and oxygen atoms in total. The summed E-state index contributed by atoms with van der Waals surface area (Å²) in [4.78, 5) is 0. The molecule has 7 saturated carbocycles. The molecule has 68 valence electrons. The summed E-state index contributed by atoms with van der Waals surface area (Å²) in [7, 11) is 0. The Morgan fingerprint density at radius 3 is 2.77 bits per heavy atom. The van der Waals surface area contributed by atoms with Gasteiger partial charge < -0.3 is 0 Å². The molecule has 0 saturated heterocycles. The van der Waals surface area contributed by atoms with Crippen molar-refractivity contribution in [3.8, 4) is 0 Å². The van der Waals surface area contributed by atoms with Crippen LogP contribution in [0.5, 0.6) is 0 Å². The van der Waals surface area contributed by atoms with Crippen LogP contribution in [0.1, 0.15) is 32.1 Å². The van der Waals surface area contributed by atoms with E-state index in [2.05, 4.69) is 0 Å². The molecule has 7 aliphatic rings. The van der Waals surface area contributed by atoms with Crippen molar-refractivity contribution in [2.24, 2.45) is 46.3 Å². The molecule has 0 amide bonds. The van der Waals surface area contributed by atoms with E-state index >= 15 is 0 Å². The first-order chi connectivity index (χ1) is 6.38. The fourth-order valence-electron chi connectivity index (χ4n) is 8.62. The smallest absolute Gasteiger partial charge is 0.0147 e. The molecule has 8 unspecified atom stereocenters. The Morgan fingerprint density at radius 1 is 0.923 bits per heavy atom. The highest BCUT2D eigenvalue weighted by Gasteiger charge is 2.93. The molecule has 0 heteroatoms. The topological polar surface area (TPSA) is 0 Å². The van der Waals surface area contributed by atoms with Crippen molar-refractivity contribution in [1.82, 2.24) is 0 Å². The minimum atomic E-state index is 0.999. The van der Waals surface area contributed by atoms with Crippen LogP contribution in [0.25, 0.3) is 0 Å². The Balaban J connectivity index is 1.84. The van der Waals surface area contributed by atoms with Crippen LogP contribution in [-0.4, -0.2) is 0 Å². The molecule has 0 aromatic rings. The summed E-state index contributed by atoms with van der Waals surface area (Å²) >= 11 is 0. The largest absolute Gasteiger partial charge is 0.0467 e. The van der Waals surface area contributed by atoms with Gasteiger partial charge in [-0.05, 0) is 78.4 Å². The Bertz CT molecular complexity index is 359. The fourth-order valence-corrected chi connectivity index (χ4v) is 8.62. The molecule has 7 fully saturated rings. The van der Waals surface area contributed by atoms with E-state index in [1.165, 1.54) is 35.5 Å². The fraction of sp³-hybridized carbons (Fsp3) is 1.00. The molecule has 7 bridgehead atoms. The normalized spacial score (nSPS) is 88.6. The third kappa shape index (κ3) is 0.267. The maximum atomic E-state index is 1.70. The van der Waals surface area contributed by atoms with Gasteiger partial charge in [0, 0.05) is 0 Å². The highest BCUT2D eigenvalue weighted by molar-refractivity contribution is 5.41. The van der Waals surface area contributed by atoms with Crippen LogP contribution >= 0.6 is 0 Å². The minimum Gasteiger partial charge on any atom is -0.0467 e. The number of hydrogen-bond donors (Lipinski definition) is 0. The van der Waals surface area contributed by atoms with Gasteiger partial charge in [0.2, 0.25) is 0 Å². The van der Waals surface area contributed by atoms with E-state index in [0.717, 1.165) is 10.8 Å². The zero-order valence-electron chi connectivity index (χ0n) is 8.00. The van der Waals surface area contributed by atoms with Gasteiger partial charge in [-0.3, -0.25) is 0 Å². The SMILES string of the molecule is C1C2CC34CC1C31C3CC(C4C3)C21. The average Bonchev–Trinajstić information content (AvgIpc) is 2.82. The monoisotopic (exact) mass is 172 g/mol. The van der Waals surface area contributed by atoms with Crippen molar-refractivity contribution in [2.75, 3.05) is 0 Å². The van der Waals surface area contributed by atoms with Crippen LogP contribution in [0.3, 0.4) is 0 Å². The standard InChI is InChI=1S/C13H16/c1-6-4-12-5-8(1)13(12)7-2-9(11(6)13)10(12)3-7/h6-11H,1-5H2. The highest BCUT2D eigenvalue weighted by atomic mass is 15.0. The Morgan fingerprint density at radius 2 is 1.92 bits per heavy atom. The quantitative estimate of drug-likeness (QED) is 0.527. The van der Waals surface area contributed by atoms with Crippen LogP contribution < -0.4 is 0 Å². The third-order valence-corrected chi connectivity index (χ3v) is 7.88. The Labute approximate surface area is 79.1 Å². The van der Waals surface area contributed by atoms with E-state index < -0.39 is 0 Å². The van der Waals surface area contributed by atoms with Crippen LogP contribution in [0.15, 0.2) is 0 Å². The molecular formula is C13H16. The second-order valence-electron chi connectivity index (χ2n) is 7.15. The molecule has 13 heavy (non-hydrogen) atoms. The molecule has 0 aliphatic heterocycles. The summed E-state index contributed by atoms with van der Waals surface area (Å²) in [6, 6.07) is 0. The lowest BCUT2D eigenvalue weighted by molar-refractivity contribution is -0.139. The minimum absolute atomic E-state index is 0.999. The van der Waals surface area contributed by atoms with E-state index in [0.29, 0.717) is 0 Å². The molecule has 7 rings (SSSR count). The van der Waals surface area contributed by atoms with Gasteiger partial charge in [0.05, 0.1) is 0 Å². The van der Waals surface area contributed by atoms with Gasteiger partial charge >= 0.3 is 0 Å². The highest BCUT2D eigenvalue weighted by Crippen LogP contribution is 2.99. The van der Waals surface area contributed by atoms with Gasteiger partial charge in [0.25, 0.3) is 0 Å². The van der Waals surface area contributed by atoms with Crippen LogP contribution in [-0.2, 0) is 0 Å². The second-order valence-corrected chi connectivity index (χ2v) is 7.15. The number of hydrogen-bond acceptors (Lipinski definition) is 0. The van der Waals surface area contributed by atoms with Gasteiger partial charge in [0.1, 0.15) is 0 Å². The van der Waals surface area contributed by atoms with Crippen molar-refractivity contribution >= 4 is 0 Å². The molecule has 0 aromatic carbocycles. The van der Waals surface area contributed by atoms with Crippen LogP contribution in [0.2, 0.25) is 0 Å². The Hall–Kier alpha value is 0. The van der Waals surface area contributed by atoms with E-state index in [4.69, 9.17) is 0 Å². The van der Waals surface area contributed by atoms with Crippen LogP contribution in [0, 0.1) is 46.3 Å². The molecule has 0 aromatic heterocycles. The van der Waals surface area contributed by atoms with Crippen molar-refractivity contribution in [2.45, 2.75) is 32.1 Å². The lowest BCUT2D eigenvalue weighted by Gasteiger charge is -2.62. The van der Waals surface area contributed by atoms with E-state index in [9.17, 15) is 0 Å². The molecular weight excluding hydrogens is 156 g/mol. The summed E-state index contributed by atoms with van der Waals surface area (Å²) in [5.74, 6) is 7.55. The predicted octanol–water partition coefficient (Wildman–Crippen LogP) is 2.69. The molecule has 0 heterocycles. The maximum absolute atomic E-state index is 1.70. The molecule has 7 aliphatic carbocycles. The van der Waals surface area contributed by atoms with Crippen molar-refractivity contribution < 1.29 is 0 Å². The van der Waals surface area contributed by atoms with Crippen molar-refractivity contribution in [3.63, 3.8) is 0 Å². The van der Waals surface area contributed by atoms with Gasteiger partial charge in [-0.15, -0.1) is 0 Å². The van der Waals surface area contributed by atoms with Gasteiger partial charge in [-0.25, -0.2) is 0 Å². The van der Waals surface area contributed by atoms with Gasteiger partial charge in [-0.2, -0.15) is 0 Å². The van der Waals surface area contributed by atoms with Crippen molar-refractivity contribution in [1.29, 1.82) is 0 Å². The predicted molar refractivity (Wildman–Crippen MR) is 48.9 cm³/mol. The third-order valence-electron chi connectivity index (χ3n) is 7.88. The number of rotatable bonds is 0. The van der Waals surface area contributed by atoms with E-state index in [1.54, 1.807) is 32.1 Å². The first-order valence-electron chi connectivity index (χ1n) is 6.38. The van der Waals surface area contributed by atoms with E-state index in [-0.39, 0.29) is 0 Å². The molecule has 0 radical (unpaired) electrons. The first kappa shape index (κ1) is 5.78. The van der Waals surface area contributed by atoms with Gasteiger partial charge in [-0.1, -0.05) is 0 Å². The van der Waals surface area contributed by atoms with Crippen molar-refractivity contribution in [3.05, 3.63) is 0 Å². The average molecular weight is 172 g/mol. The zero-order valence-corrected chi connectivity index (χ0v) is 8.00. The summed E-state index contributed by atoms with van der Waals surface area (Å²) in [6.45, 7) is 0. The summed E-state index contributed by atoms with van der Waals surface area (Å²) in [6.07, 6.45) is 8.43. The lowest BCUT2D eigenvalue weighted by atomic mass is 9.42. The van der Waals surface area contributed by atoms with Gasteiger partial charge in [0.15, 0.2) is 0 Å². The second kappa shape index (κ2) is 1.19. The Kier molecular flexibility index (Phi) is 0.527. The van der Waals surface area contributed by atoms with E-state index in [1.807, 2.05) is 0 Å². The first-order valence-corrected chi connectivity index (χ1v) is 6.38. The molecule has 1 spiro atoms. The van der Waals surface area contributed by atoms with Crippen LogP contribution in [0.4, 0.5) is 0 Å². The summed E-state index contributed by atoms with van der Waals surface area (Å²) < 4.78 is 0. The molecule has 0 N–H and O–H groups in total.